The largest absolute Gasteiger partial charge is 0.303 e. The fraction of sp³-hybridized carbons (Fsp3) is 0.438. The van der Waals surface area contributed by atoms with E-state index in [1.165, 1.54) is 11.9 Å². The Bertz CT molecular complexity index is 547. The average Bonchev–Trinajstić information content (AvgIpc) is 3.00. The van der Waals surface area contributed by atoms with Gasteiger partial charge in [0.25, 0.3) is 0 Å². The van der Waals surface area contributed by atoms with Gasteiger partial charge in [-0.05, 0) is 24.1 Å². The highest BCUT2D eigenvalue weighted by Gasteiger charge is 2.32. The Hall–Kier alpha value is -1.17. The molecule has 0 aliphatic carbocycles. The number of Topliss-reactive ketones (excluding diaryl/α,β-unsaturated/α-hetero) is 2. The maximum atomic E-state index is 12.0. The van der Waals surface area contributed by atoms with Crippen LogP contribution in [0.2, 0.25) is 5.02 Å². The monoisotopic (exact) mass is 339 g/mol. The lowest BCUT2D eigenvalue weighted by atomic mass is 9.96. The van der Waals surface area contributed by atoms with E-state index in [0.717, 1.165) is 11.8 Å². The molecule has 0 radical (unpaired) electrons. The zero-order valence-corrected chi connectivity index (χ0v) is 13.7. The Morgan fingerprint density at radius 2 is 1.95 bits per heavy atom. The number of hydrogen-bond acceptors (Lipinski definition) is 5. The predicted molar refractivity (Wildman–Crippen MR) is 88.0 cm³/mol. The maximum Gasteiger partial charge on any atom is 0.151 e. The predicted octanol–water partition coefficient (Wildman–Crippen LogP) is 2.63. The molecule has 1 aliphatic rings. The van der Waals surface area contributed by atoms with Gasteiger partial charge in [0.2, 0.25) is 0 Å². The second kappa shape index (κ2) is 8.46. The van der Waals surface area contributed by atoms with E-state index in [4.69, 9.17) is 11.6 Å². The number of benzene rings is 1. The molecule has 118 valence electrons. The summed E-state index contributed by atoms with van der Waals surface area (Å²) in [5, 5.41) is 0.673. The number of carbonyl (C=O) groups excluding carboxylic acids is 3. The van der Waals surface area contributed by atoms with Crippen LogP contribution in [0.1, 0.15) is 24.8 Å². The second-order valence-corrected chi connectivity index (χ2v) is 6.63. The third-order valence-corrected chi connectivity index (χ3v) is 4.92. The number of nitrogens with one attached hydrogen (secondary N) is 1. The molecule has 0 amide bonds. The molecule has 6 heteroatoms. The Labute approximate surface area is 139 Å². The minimum absolute atomic E-state index is 0.0538. The Kier molecular flexibility index (Phi) is 6.61. The summed E-state index contributed by atoms with van der Waals surface area (Å²) >= 11 is 7.20. The maximum absolute atomic E-state index is 12.0. The number of aldehydes is 1. The first kappa shape index (κ1) is 17.2. The third kappa shape index (κ3) is 4.93. The van der Waals surface area contributed by atoms with Crippen LogP contribution < -0.4 is 4.72 Å². The number of hydrogen-bond donors (Lipinski definition) is 1. The van der Waals surface area contributed by atoms with Gasteiger partial charge in [-0.25, -0.2) is 0 Å². The van der Waals surface area contributed by atoms with Gasteiger partial charge in [-0.2, -0.15) is 0 Å². The quantitative estimate of drug-likeness (QED) is 0.582. The minimum atomic E-state index is -0.438. The van der Waals surface area contributed by atoms with Crippen molar-refractivity contribution in [1.82, 2.24) is 4.72 Å². The normalized spacial score (nSPS) is 20.8. The Morgan fingerprint density at radius 3 is 2.64 bits per heavy atom. The van der Waals surface area contributed by atoms with Crippen LogP contribution in [0.3, 0.4) is 0 Å². The summed E-state index contributed by atoms with van der Waals surface area (Å²) < 4.78 is 2.96. The zero-order valence-electron chi connectivity index (χ0n) is 12.1. The smallest absolute Gasteiger partial charge is 0.151 e. The Balaban J connectivity index is 1.72. The highest BCUT2D eigenvalue weighted by Crippen LogP contribution is 2.21. The average molecular weight is 340 g/mol. The molecule has 0 aromatic heterocycles. The van der Waals surface area contributed by atoms with Crippen LogP contribution in [0.5, 0.6) is 0 Å². The molecule has 4 nitrogen and oxygen atoms in total. The van der Waals surface area contributed by atoms with Gasteiger partial charge in [-0.15, -0.1) is 0 Å². The van der Waals surface area contributed by atoms with Crippen LogP contribution in [-0.2, 0) is 20.8 Å². The lowest BCUT2D eigenvalue weighted by Gasteiger charge is -2.11. The van der Waals surface area contributed by atoms with Crippen LogP contribution in [-0.4, -0.2) is 29.6 Å². The number of aryl methyl sites for hydroxylation is 1. The van der Waals surface area contributed by atoms with Crippen molar-refractivity contribution in [3.8, 4) is 0 Å². The summed E-state index contributed by atoms with van der Waals surface area (Å²) in [6, 6.07) is 6.96. The standard InChI is InChI=1S/C16H18ClNO3S/c17-13-4-1-11(2-5-13)3-6-14(20)7-8-15(21)16-12(9-19)10-22-18-16/h1-2,4-5,9,12,16,18H,3,6-8,10H2. The molecule has 22 heavy (non-hydrogen) atoms. The molecule has 1 aliphatic heterocycles. The molecule has 1 aromatic carbocycles. The third-order valence-electron chi connectivity index (χ3n) is 3.69. The van der Waals surface area contributed by atoms with Crippen molar-refractivity contribution >= 4 is 41.4 Å². The molecule has 0 spiro atoms. The van der Waals surface area contributed by atoms with E-state index in [1.54, 1.807) is 12.1 Å². The van der Waals surface area contributed by atoms with Crippen molar-refractivity contribution in [2.45, 2.75) is 31.7 Å². The molecule has 1 N–H and O–H groups in total. The van der Waals surface area contributed by atoms with Crippen LogP contribution in [0.4, 0.5) is 0 Å². The van der Waals surface area contributed by atoms with Gasteiger partial charge in [0.1, 0.15) is 12.1 Å². The first-order chi connectivity index (χ1) is 10.6. The molecular weight excluding hydrogens is 322 g/mol. The molecule has 0 saturated carbocycles. The molecule has 2 atom stereocenters. The number of halogens is 1. The van der Waals surface area contributed by atoms with Gasteiger partial charge in [-0.3, -0.25) is 14.3 Å². The molecule has 1 aromatic rings. The van der Waals surface area contributed by atoms with Crippen LogP contribution in [0.25, 0.3) is 0 Å². The van der Waals surface area contributed by atoms with Gasteiger partial charge < -0.3 is 4.79 Å². The fourth-order valence-electron chi connectivity index (χ4n) is 2.32. The van der Waals surface area contributed by atoms with Crippen molar-refractivity contribution in [1.29, 1.82) is 0 Å². The number of ketones is 2. The number of rotatable bonds is 8. The summed E-state index contributed by atoms with van der Waals surface area (Å²) in [7, 11) is 0. The Morgan fingerprint density at radius 1 is 1.23 bits per heavy atom. The van der Waals surface area contributed by atoms with Crippen LogP contribution >= 0.6 is 23.5 Å². The van der Waals surface area contributed by atoms with Gasteiger partial charge in [0, 0.05) is 36.0 Å². The summed E-state index contributed by atoms with van der Waals surface area (Å²) in [6.07, 6.45) is 2.32. The first-order valence-corrected chi connectivity index (χ1v) is 8.58. The molecule has 1 heterocycles. The molecular formula is C16H18ClNO3S. The molecule has 1 saturated heterocycles. The van der Waals surface area contributed by atoms with E-state index in [1.807, 2.05) is 12.1 Å². The fourth-order valence-corrected chi connectivity index (χ4v) is 3.49. The van der Waals surface area contributed by atoms with E-state index in [9.17, 15) is 14.4 Å². The van der Waals surface area contributed by atoms with E-state index >= 15 is 0 Å². The molecule has 1 fully saturated rings. The van der Waals surface area contributed by atoms with E-state index in [2.05, 4.69) is 4.72 Å². The zero-order chi connectivity index (χ0) is 15.9. The van der Waals surface area contributed by atoms with Crippen molar-refractivity contribution in [2.24, 2.45) is 5.92 Å². The van der Waals surface area contributed by atoms with Crippen molar-refractivity contribution < 1.29 is 14.4 Å². The SMILES string of the molecule is O=CC1CSNC1C(=O)CCC(=O)CCc1ccc(Cl)cc1. The summed E-state index contributed by atoms with van der Waals surface area (Å²) in [5.74, 6) is 0.352. The molecule has 0 bridgehead atoms. The highest BCUT2D eigenvalue weighted by atomic mass is 35.5. The molecule has 2 unspecified atom stereocenters. The highest BCUT2D eigenvalue weighted by molar-refractivity contribution is 7.97. The topological polar surface area (TPSA) is 63.2 Å². The van der Waals surface area contributed by atoms with Crippen LogP contribution in [0.15, 0.2) is 24.3 Å². The van der Waals surface area contributed by atoms with E-state index in [-0.39, 0.29) is 30.3 Å². The van der Waals surface area contributed by atoms with Gasteiger partial charge in [-0.1, -0.05) is 35.7 Å². The van der Waals surface area contributed by atoms with Crippen LogP contribution in [0, 0.1) is 5.92 Å². The summed E-state index contributed by atoms with van der Waals surface area (Å²) in [4.78, 5) is 34.8. The van der Waals surface area contributed by atoms with Crippen molar-refractivity contribution in [3.63, 3.8) is 0 Å². The van der Waals surface area contributed by atoms with Gasteiger partial charge in [0.05, 0.1) is 6.04 Å². The molecule has 2 rings (SSSR count). The minimum Gasteiger partial charge on any atom is -0.303 e. The van der Waals surface area contributed by atoms with E-state index in [0.29, 0.717) is 23.6 Å². The van der Waals surface area contributed by atoms with Gasteiger partial charge in [0.15, 0.2) is 5.78 Å². The van der Waals surface area contributed by atoms with E-state index < -0.39 is 6.04 Å². The van der Waals surface area contributed by atoms with Gasteiger partial charge >= 0.3 is 0 Å². The first-order valence-electron chi connectivity index (χ1n) is 7.21. The van der Waals surface area contributed by atoms with Crippen molar-refractivity contribution in [2.75, 3.05) is 5.75 Å². The lowest BCUT2D eigenvalue weighted by molar-refractivity contribution is -0.126. The lowest BCUT2D eigenvalue weighted by Crippen LogP contribution is -2.35. The summed E-state index contributed by atoms with van der Waals surface area (Å²) in [5.41, 5.74) is 1.05. The second-order valence-electron chi connectivity index (χ2n) is 5.34. The summed E-state index contributed by atoms with van der Waals surface area (Å²) in [6.45, 7) is 0. The number of carbonyl (C=O) groups is 3. The van der Waals surface area contributed by atoms with Crippen molar-refractivity contribution in [3.05, 3.63) is 34.9 Å².